The van der Waals surface area contributed by atoms with Crippen LogP contribution in [0.1, 0.15) is 25.0 Å². The second kappa shape index (κ2) is 5.51. The van der Waals surface area contributed by atoms with Crippen LogP contribution in [0.25, 0.3) is 0 Å². The summed E-state index contributed by atoms with van der Waals surface area (Å²) >= 11 is 0. The van der Waals surface area contributed by atoms with Gasteiger partial charge in [-0.25, -0.2) is 0 Å². The third kappa shape index (κ3) is 2.55. The molecule has 1 aliphatic rings. The summed E-state index contributed by atoms with van der Waals surface area (Å²) in [6.45, 7) is 2.17. The summed E-state index contributed by atoms with van der Waals surface area (Å²) < 4.78 is 0. The molecule has 2 heteroatoms. The van der Waals surface area contributed by atoms with Gasteiger partial charge in [-0.1, -0.05) is 42.5 Å². The van der Waals surface area contributed by atoms with Gasteiger partial charge in [0.15, 0.2) is 0 Å². The molecule has 2 rings (SSSR count). The Labute approximate surface area is 109 Å². The van der Waals surface area contributed by atoms with Crippen molar-refractivity contribution in [3.63, 3.8) is 0 Å². The van der Waals surface area contributed by atoms with Gasteiger partial charge in [-0.2, -0.15) is 0 Å². The molecular formula is C16H21NO. The highest BCUT2D eigenvalue weighted by Crippen LogP contribution is 2.33. The van der Waals surface area contributed by atoms with Crippen molar-refractivity contribution < 1.29 is 5.11 Å². The highest BCUT2D eigenvalue weighted by molar-refractivity contribution is 5.42. The number of aliphatic hydroxyl groups excluding tert-OH is 1. The second-order valence-electron chi connectivity index (χ2n) is 5.04. The van der Waals surface area contributed by atoms with Gasteiger partial charge in [0.1, 0.15) is 6.10 Å². The molecule has 1 N–H and O–H groups in total. The van der Waals surface area contributed by atoms with E-state index < -0.39 is 6.10 Å². The minimum absolute atomic E-state index is 0.331. The van der Waals surface area contributed by atoms with Gasteiger partial charge < -0.3 is 10.0 Å². The first-order valence-electron chi connectivity index (χ1n) is 6.40. The van der Waals surface area contributed by atoms with E-state index in [-0.39, 0.29) is 0 Å². The van der Waals surface area contributed by atoms with E-state index in [1.54, 1.807) is 0 Å². The van der Waals surface area contributed by atoms with Crippen molar-refractivity contribution in [3.8, 4) is 0 Å². The van der Waals surface area contributed by atoms with E-state index in [9.17, 15) is 5.11 Å². The van der Waals surface area contributed by atoms with E-state index in [0.29, 0.717) is 6.04 Å². The zero-order chi connectivity index (χ0) is 13.1. The molecule has 2 nitrogen and oxygen atoms in total. The van der Waals surface area contributed by atoms with Crippen LogP contribution in [0.3, 0.4) is 0 Å². The van der Waals surface area contributed by atoms with Crippen LogP contribution in [0.5, 0.6) is 0 Å². The Morgan fingerprint density at radius 1 is 1.17 bits per heavy atom. The lowest BCUT2D eigenvalue weighted by Gasteiger charge is -2.24. The molecule has 0 amide bonds. The number of benzene rings is 1. The first kappa shape index (κ1) is 13.1. The molecule has 1 aliphatic carbocycles. The lowest BCUT2D eigenvalue weighted by Crippen LogP contribution is -2.26. The van der Waals surface area contributed by atoms with E-state index in [4.69, 9.17) is 0 Å². The van der Waals surface area contributed by atoms with Crippen molar-refractivity contribution in [2.75, 3.05) is 14.1 Å². The van der Waals surface area contributed by atoms with Crippen LogP contribution < -0.4 is 0 Å². The van der Waals surface area contributed by atoms with Gasteiger partial charge in [-0.3, -0.25) is 0 Å². The smallest absolute Gasteiger partial charge is 0.101 e. The van der Waals surface area contributed by atoms with Crippen molar-refractivity contribution in [1.82, 2.24) is 4.90 Å². The summed E-state index contributed by atoms with van der Waals surface area (Å²) in [5.41, 5.74) is 3.35. The molecular weight excluding hydrogens is 222 g/mol. The van der Waals surface area contributed by atoms with Crippen LogP contribution in [0, 0.1) is 0 Å². The van der Waals surface area contributed by atoms with Crippen LogP contribution in [-0.4, -0.2) is 30.1 Å². The molecule has 96 valence electrons. The monoisotopic (exact) mass is 243 g/mol. The van der Waals surface area contributed by atoms with Crippen LogP contribution in [-0.2, 0) is 0 Å². The second-order valence-corrected chi connectivity index (χ2v) is 5.04. The number of likely N-dealkylation sites (N-methyl/N-ethyl adjacent to an activating group) is 1. The maximum atomic E-state index is 10.5. The highest BCUT2D eigenvalue weighted by Gasteiger charge is 2.22. The summed E-state index contributed by atoms with van der Waals surface area (Å²) in [7, 11) is 4.13. The van der Waals surface area contributed by atoms with Gasteiger partial charge in [-0.05, 0) is 44.1 Å². The summed E-state index contributed by atoms with van der Waals surface area (Å²) in [5, 5.41) is 10.5. The Balaban J connectivity index is 2.29. The largest absolute Gasteiger partial charge is 0.384 e. The maximum Gasteiger partial charge on any atom is 0.101 e. The van der Waals surface area contributed by atoms with Crippen LogP contribution in [0.15, 0.2) is 53.6 Å². The zero-order valence-electron chi connectivity index (χ0n) is 11.3. The highest BCUT2D eigenvalue weighted by atomic mass is 16.3. The molecule has 0 heterocycles. The lowest BCUT2D eigenvalue weighted by molar-refractivity contribution is 0.210. The number of aliphatic hydroxyl groups is 1. The average Bonchev–Trinajstić information content (AvgIpc) is 2.87. The maximum absolute atomic E-state index is 10.5. The van der Waals surface area contributed by atoms with Gasteiger partial charge in [0.2, 0.25) is 0 Å². The summed E-state index contributed by atoms with van der Waals surface area (Å²) in [6, 6.07) is 10.2. The third-order valence-electron chi connectivity index (χ3n) is 3.68. The minimum atomic E-state index is -0.487. The molecule has 1 aromatic carbocycles. The summed E-state index contributed by atoms with van der Waals surface area (Å²) in [5.74, 6) is 0. The van der Waals surface area contributed by atoms with Crippen molar-refractivity contribution >= 4 is 0 Å². The topological polar surface area (TPSA) is 23.5 Å². The summed E-state index contributed by atoms with van der Waals surface area (Å²) in [4.78, 5) is 2.17. The fourth-order valence-electron chi connectivity index (χ4n) is 2.33. The van der Waals surface area contributed by atoms with Crippen molar-refractivity contribution in [1.29, 1.82) is 0 Å². The van der Waals surface area contributed by atoms with Crippen molar-refractivity contribution in [2.24, 2.45) is 0 Å². The van der Waals surface area contributed by atoms with Gasteiger partial charge >= 0.3 is 0 Å². The summed E-state index contributed by atoms with van der Waals surface area (Å²) in [6.07, 6.45) is 4.64. The molecule has 0 bridgehead atoms. The molecule has 2 atom stereocenters. The van der Waals surface area contributed by atoms with Crippen molar-refractivity contribution in [3.05, 3.63) is 59.2 Å². The number of hydrogen-bond donors (Lipinski definition) is 1. The predicted octanol–water partition coefficient (Wildman–Crippen LogP) is 2.93. The average molecular weight is 243 g/mol. The van der Waals surface area contributed by atoms with Gasteiger partial charge in [0.25, 0.3) is 0 Å². The fourth-order valence-corrected chi connectivity index (χ4v) is 2.33. The minimum Gasteiger partial charge on any atom is -0.384 e. The fraction of sp³-hybridized carbons (Fsp3) is 0.375. The molecule has 0 radical (unpaired) electrons. The Morgan fingerprint density at radius 3 is 2.44 bits per heavy atom. The van der Waals surface area contributed by atoms with Gasteiger partial charge in [0, 0.05) is 6.04 Å². The number of hydrogen-bond acceptors (Lipinski definition) is 2. The number of rotatable bonds is 4. The first-order chi connectivity index (χ1) is 8.61. The Morgan fingerprint density at radius 2 is 1.83 bits per heavy atom. The SMILES string of the molecule is C[C@@H](C1=C([C@H](O)c2ccccc2)CC=C1)N(C)C. The van der Waals surface area contributed by atoms with E-state index in [2.05, 4.69) is 38.1 Å². The molecule has 18 heavy (non-hydrogen) atoms. The Bertz CT molecular complexity index is 459. The standard InChI is InChI=1S/C16H21NO/c1-12(17(2)3)14-10-7-11-15(14)16(18)13-8-5-4-6-9-13/h4-10,12,16,18H,11H2,1-3H3/t12-,16+/m0/s1. The Kier molecular flexibility index (Phi) is 4.00. The van der Waals surface area contributed by atoms with Gasteiger partial charge in [0.05, 0.1) is 0 Å². The zero-order valence-corrected chi connectivity index (χ0v) is 11.3. The first-order valence-corrected chi connectivity index (χ1v) is 6.40. The molecule has 0 saturated carbocycles. The molecule has 0 spiro atoms. The molecule has 0 aromatic heterocycles. The Hall–Kier alpha value is -1.38. The quantitative estimate of drug-likeness (QED) is 0.879. The van der Waals surface area contributed by atoms with Crippen molar-refractivity contribution in [2.45, 2.75) is 25.5 Å². The third-order valence-corrected chi connectivity index (χ3v) is 3.68. The normalized spacial score (nSPS) is 18.5. The number of nitrogens with zero attached hydrogens (tertiary/aromatic N) is 1. The van der Waals surface area contributed by atoms with E-state index in [1.807, 2.05) is 30.3 Å². The van der Waals surface area contributed by atoms with Crippen LogP contribution in [0.2, 0.25) is 0 Å². The molecule has 1 aromatic rings. The molecule has 0 aliphatic heterocycles. The van der Waals surface area contributed by atoms with E-state index in [0.717, 1.165) is 17.6 Å². The van der Waals surface area contributed by atoms with Gasteiger partial charge in [-0.15, -0.1) is 0 Å². The van der Waals surface area contributed by atoms with Crippen LogP contribution >= 0.6 is 0 Å². The predicted molar refractivity (Wildman–Crippen MR) is 75.3 cm³/mol. The number of allylic oxidation sites excluding steroid dienone is 1. The van der Waals surface area contributed by atoms with E-state index >= 15 is 0 Å². The molecule has 0 unspecified atom stereocenters. The van der Waals surface area contributed by atoms with Crippen LogP contribution in [0.4, 0.5) is 0 Å². The molecule has 0 saturated heterocycles. The molecule has 0 fully saturated rings. The lowest BCUT2D eigenvalue weighted by atomic mass is 9.95. The van der Waals surface area contributed by atoms with E-state index in [1.165, 1.54) is 5.57 Å².